The molecule has 0 spiro atoms. The molecule has 0 radical (unpaired) electrons. The van der Waals surface area contributed by atoms with E-state index in [0.717, 1.165) is 0 Å². The molecular formula is C7H20O2Si3. The summed E-state index contributed by atoms with van der Waals surface area (Å²) in [5.41, 5.74) is 3.59. The zero-order valence-corrected chi connectivity index (χ0v) is 12.6. The van der Waals surface area contributed by atoms with Gasteiger partial charge >= 0.3 is 8.56 Å². The monoisotopic (exact) mass is 220 g/mol. The molecule has 0 atom stereocenters. The molecule has 0 aromatic heterocycles. The predicted octanol–water partition coefficient (Wildman–Crippen LogP) is 0.861. The third kappa shape index (κ3) is 6.99. The number of hydrogen-bond acceptors (Lipinski definition) is 2. The van der Waals surface area contributed by atoms with Crippen LogP contribution in [0.2, 0.25) is 19.6 Å². The minimum atomic E-state index is -1.69. The number of allylic oxidation sites excluding steroid dienone is 1. The summed E-state index contributed by atoms with van der Waals surface area (Å²) in [6.45, 7) is 10.6. The first-order valence-corrected chi connectivity index (χ1v) is 10.6. The van der Waals surface area contributed by atoms with E-state index in [1.54, 1.807) is 0 Å². The average Bonchev–Trinajstić information content (AvgIpc) is 1.85. The first-order valence-electron chi connectivity index (χ1n) is 4.39. The van der Waals surface area contributed by atoms with E-state index >= 15 is 0 Å². The Kier molecular flexibility index (Phi) is 6.02. The Bertz CT molecular complexity index is 153. The van der Waals surface area contributed by atoms with E-state index in [1.807, 2.05) is 0 Å². The van der Waals surface area contributed by atoms with Crippen LogP contribution in [0.5, 0.6) is 0 Å². The summed E-state index contributed by atoms with van der Waals surface area (Å²) in [6, 6.07) is 0. The molecule has 0 aliphatic carbocycles. The summed E-state index contributed by atoms with van der Waals surface area (Å²) in [4.78, 5) is 0. The van der Waals surface area contributed by atoms with Crippen molar-refractivity contribution in [2.24, 2.45) is 0 Å². The van der Waals surface area contributed by atoms with E-state index in [9.17, 15) is 0 Å². The molecule has 0 saturated carbocycles. The van der Waals surface area contributed by atoms with Crippen molar-refractivity contribution in [2.45, 2.75) is 33.5 Å². The van der Waals surface area contributed by atoms with Gasteiger partial charge < -0.3 is 8.23 Å². The van der Waals surface area contributed by atoms with Crippen LogP contribution >= 0.6 is 0 Å². The maximum Gasteiger partial charge on any atom is 0.310 e. The molecule has 0 aliphatic rings. The summed E-state index contributed by atoms with van der Waals surface area (Å²) >= 11 is 0. The number of hydrogen-bond donors (Lipinski definition) is 0. The van der Waals surface area contributed by atoms with Crippen molar-refractivity contribution in [1.82, 2.24) is 0 Å². The molecule has 0 N–H and O–H groups in total. The molecule has 0 aliphatic heterocycles. The van der Waals surface area contributed by atoms with E-state index in [0.29, 0.717) is 0 Å². The van der Waals surface area contributed by atoms with Crippen molar-refractivity contribution < 1.29 is 8.23 Å². The van der Waals surface area contributed by atoms with Crippen LogP contribution in [-0.4, -0.2) is 28.1 Å². The Morgan fingerprint density at radius 2 is 1.83 bits per heavy atom. The standard InChI is InChI=1S/C7H20O2Si3/c1-7(2)6-11-9-12(4,5)8-10-3/h6H,10-11H2,1-5H3. The van der Waals surface area contributed by atoms with E-state index in [1.165, 1.54) is 5.57 Å². The Labute approximate surface area is 81.5 Å². The van der Waals surface area contributed by atoms with Gasteiger partial charge in [-0.3, -0.25) is 0 Å². The molecule has 0 amide bonds. The van der Waals surface area contributed by atoms with Crippen LogP contribution < -0.4 is 0 Å². The van der Waals surface area contributed by atoms with E-state index in [4.69, 9.17) is 8.23 Å². The lowest BCUT2D eigenvalue weighted by Gasteiger charge is -2.22. The van der Waals surface area contributed by atoms with Crippen LogP contribution in [-0.2, 0) is 8.23 Å². The fraction of sp³-hybridized carbons (Fsp3) is 0.714. The molecule has 0 saturated heterocycles. The zero-order chi connectivity index (χ0) is 9.61. The van der Waals surface area contributed by atoms with Crippen molar-refractivity contribution in [1.29, 1.82) is 0 Å². The summed E-state index contributed by atoms with van der Waals surface area (Å²) in [7, 11) is -2.45. The van der Waals surface area contributed by atoms with Gasteiger partial charge in [-0.2, -0.15) is 0 Å². The molecule has 0 aromatic rings. The molecule has 0 bridgehead atoms. The molecule has 2 nitrogen and oxygen atoms in total. The van der Waals surface area contributed by atoms with E-state index < -0.39 is 18.3 Å². The highest BCUT2D eigenvalue weighted by Crippen LogP contribution is 2.04. The summed E-state index contributed by atoms with van der Waals surface area (Å²) in [5.74, 6) is 0. The maximum absolute atomic E-state index is 5.79. The molecule has 0 aromatic carbocycles. The van der Waals surface area contributed by atoms with Gasteiger partial charge in [0.2, 0.25) is 0 Å². The minimum absolute atomic E-state index is 0.299. The summed E-state index contributed by atoms with van der Waals surface area (Å²) in [6.07, 6.45) is 0. The lowest BCUT2D eigenvalue weighted by Crippen LogP contribution is -2.36. The van der Waals surface area contributed by atoms with Crippen molar-refractivity contribution in [3.63, 3.8) is 0 Å². The lowest BCUT2D eigenvalue weighted by atomic mass is 10.4. The molecular weight excluding hydrogens is 200 g/mol. The third-order valence-electron chi connectivity index (χ3n) is 1.41. The van der Waals surface area contributed by atoms with Gasteiger partial charge in [-0.15, -0.1) is 0 Å². The fourth-order valence-electron chi connectivity index (χ4n) is 0.798. The summed E-state index contributed by atoms with van der Waals surface area (Å²) < 4.78 is 11.5. The van der Waals surface area contributed by atoms with Crippen molar-refractivity contribution in [3.05, 3.63) is 11.3 Å². The van der Waals surface area contributed by atoms with Crippen LogP contribution in [0.25, 0.3) is 0 Å². The van der Waals surface area contributed by atoms with Crippen molar-refractivity contribution >= 4 is 28.1 Å². The average molecular weight is 220 g/mol. The first kappa shape index (κ1) is 12.3. The quantitative estimate of drug-likeness (QED) is 0.640. The topological polar surface area (TPSA) is 18.5 Å². The van der Waals surface area contributed by atoms with Crippen LogP contribution in [0, 0.1) is 0 Å². The van der Waals surface area contributed by atoms with Gasteiger partial charge in [0.05, 0.1) is 0 Å². The molecule has 0 unspecified atom stereocenters. The van der Waals surface area contributed by atoms with E-state index in [2.05, 4.69) is 39.2 Å². The molecule has 72 valence electrons. The molecule has 0 heterocycles. The van der Waals surface area contributed by atoms with Crippen LogP contribution in [0.1, 0.15) is 13.8 Å². The van der Waals surface area contributed by atoms with Crippen LogP contribution in [0.3, 0.4) is 0 Å². The normalized spacial score (nSPS) is 13.4. The summed E-state index contributed by atoms with van der Waals surface area (Å²) in [5, 5.41) is 0. The van der Waals surface area contributed by atoms with Gasteiger partial charge in [-0.25, -0.2) is 0 Å². The zero-order valence-electron chi connectivity index (χ0n) is 8.81. The maximum atomic E-state index is 5.79. The second kappa shape index (κ2) is 5.87. The van der Waals surface area contributed by atoms with Gasteiger partial charge in [-0.05, 0) is 26.9 Å². The largest absolute Gasteiger partial charge is 0.442 e. The Balaban J connectivity index is 3.68. The SMILES string of the molecule is C[SiH2]O[Si](C)(C)O[SiH2]C=C(C)C. The fourth-order valence-corrected chi connectivity index (χ4v) is 6.93. The van der Waals surface area contributed by atoms with Crippen LogP contribution in [0.4, 0.5) is 0 Å². The lowest BCUT2D eigenvalue weighted by molar-refractivity contribution is 0.433. The highest BCUT2D eigenvalue weighted by molar-refractivity contribution is 6.73. The molecule has 0 rings (SSSR count). The van der Waals surface area contributed by atoms with Crippen molar-refractivity contribution in [2.75, 3.05) is 0 Å². The highest BCUT2D eigenvalue weighted by Gasteiger charge is 2.21. The molecule has 12 heavy (non-hydrogen) atoms. The first-order chi connectivity index (χ1) is 5.48. The Hall–Kier alpha value is 0.311. The predicted molar refractivity (Wildman–Crippen MR) is 62.0 cm³/mol. The molecule has 0 fully saturated rings. The van der Waals surface area contributed by atoms with Crippen LogP contribution in [0.15, 0.2) is 11.3 Å². The van der Waals surface area contributed by atoms with Gasteiger partial charge in [0, 0.05) is 0 Å². The number of rotatable bonds is 5. The van der Waals surface area contributed by atoms with Gasteiger partial charge in [-0.1, -0.05) is 17.8 Å². The second-order valence-corrected chi connectivity index (χ2v) is 9.85. The van der Waals surface area contributed by atoms with Crippen molar-refractivity contribution in [3.8, 4) is 0 Å². The smallest absolute Gasteiger partial charge is 0.310 e. The second-order valence-electron chi connectivity index (χ2n) is 3.43. The third-order valence-corrected chi connectivity index (χ3v) is 9.78. The highest BCUT2D eigenvalue weighted by atomic mass is 28.4. The van der Waals surface area contributed by atoms with Gasteiger partial charge in [0.25, 0.3) is 0 Å². The van der Waals surface area contributed by atoms with Gasteiger partial charge in [0.1, 0.15) is 9.76 Å². The minimum Gasteiger partial charge on any atom is -0.442 e. The van der Waals surface area contributed by atoms with E-state index in [-0.39, 0.29) is 9.76 Å². The Morgan fingerprint density at radius 3 is 2.25 bits per heavy atom. The van der Waals surface area contributed by atoms with Gasteiger partial charge in [0.15, 0.2) is 9.76 Å². The molecule has 5 heteroatoms. The Morgan fingerprint density at radius 1 is 1.25 bits per heavy atom.